The molecular formula is C15H16BrClN4. The van der Waals surface area contributed by atoms with Crippen molar-refractivity contribution in [1.82, 2.24) is 19.3 Å². The molecule has 0 aliphatic heterocycles. The first-order valence-corrected chi connectivity index (χ1v) is 8.19. The minimum atomic E-state index is 0.397. The Kier molecular flexibility index (Phi) is 4.04. The summed E-state index contributed by atoms with van der Waals surface area (Å²) < 4.78 is 5.23. The van der Waals surface area contributed by atoms with Gasteiger partial charge in [-0.05, 0) is 31.5 Å². The van der Waals surface area contributed by atoms with Crippen molar-refractivity contribution < 1.29 is 0 Å². The minimum absolute atomic E-state index is 0.397. The monoisotopic (exact) mass is 366 g/mol. The number of fused-ring (bicyclic) bond motifs is 1. The molecule has 0 unspecified atom stereocenters. The standard InChI is InChI=1S/C15H16BrClN4/c1-3-21-15-14(10(2)19-21)18-13(8-17)20(15)9-11-4-6-12(16)7-5-11/h4-7H,3,8-9H2,1-2H3. The molecule has 0 spiro atoms. The van der Waals surface area contributed by atoms with Crippen LogP contribution in [0.2, 0.25) is 0 Å². The van der Waals surface area contributed by atoms with E-state index >= 15 is 0 Å². The molecule has 4 nitrogen and oxygen atoms in total. The van der Waals surface area contributed by atoms with E-state index in [4.69, 9.17) is 11.6 Å². The lowest BCUT2D eigenvalue weighted by Crippen LogP contribution is -2.09. The van der Waals surface area contributed by atoms with Crippen LogP contribution in [0.3, 0.4) is 0 Å². The van der Waals surface area contributed by atoms with E-state index in [0.29, 0.717) is 5.88 Å². The predicted octanol–water partition coefficient (Wildman–Crippen LogP) is 4.11. The molecule has 0 saturated heterocycles. The van der Waals surface area contributed by atoms with Crippen LogP contribution >= 0.6 is 27.5 Å². The van der Waals surface area contributed by atoms with E-state index in [1.54, 1.807) is 0 Å². The second kappa shape index (κ2) is 5.81. The van der Waals surface area contributed by atoms with E-state index in [1.807, 2.05) is 23.7 Å². The van der Waals surface area contributed by atoms with Gasteiger partial charge >= 0.3 is 0 Å². The number of hydrogen-bond acceptors (Lipinski definition) is 2. The van der Waals surface area contributed by atoms with Crippen molar-refractivity contribution in [1.29, 1.82) is 0 Å². The molecule has 0 atom stereocenters. The number of alkyl halides is 1. The number of aromatic nitrogens is 4. The molecule has 2 aromatic heterocycles. The summed E-state index contributed by atoms with van der Waals surface area (Å²) >= 11 is 9.54. The van der Waals surface area contributed by atoms with E-state index in [-0.39, 0.29) is 0 Å². The summed E-state index contributed by atoms with van der Waals surface area (Å²) in [6.07, 6.45) is 0. The number of nitrogens with zero attached hydrogens (tertiary/aromatic N) is 4. The summed E-state index contributed by atoms with van der Waals surface area (Å²) in [5, 5.41) is 4.54. The van der Waals surface area contributed by atoms with Gasteiger partial charge in [0.05, 0.1) is 18.1 Å². The summed E-state index contributed by atoms with van der Waals surface area (Å²) in [4.78, 5) is 4.65. The molecule has 3 rings (SSSR count). The van der Waals surface area contributed by atoms with E-state index in [0.717, 1.165) is 40.2 Å². The zero-order chi connectivity index (χ0) is 15.0. The molecule has 0 aliphatic carbocycles. The minimum Gasteiger partial charge on any atom is -0.307 e. The second-order valence-corrected chi connectivity index (χ2v) is 6.13. The average molecular weight is 368 g/mol. The van der Waals surface area contributed by atoms with Crippen LogP contribution in [0.25, 0.3) is 11.2 Å². The van der Waals surface area contributed by atoms with Crippen LogP contribution in [0, 0.1) is 6.92 Å². The third kappa shape index (κ3) is 2.60. The van der Waals surface area contributed by atoms with Crippen molar-refractivity contribution in [3.8, 4) is 0 Å². The second-order valence-electron chi connectivity index (χ2n) is 4.95. The van der Waals surface area contributed by atoms with Crippen LogP contribution in [0.15, 0.2) is 28.7 Å². The molecule has 0 N–H and O–H groups in total. The quantitative estimate of drug-likeness (QED) is 0.651. The number of benzene rings is 1. The molecule has 3 aromatic rings. The lowest BCUT2D eigenvalue weighted by atomic mass is 10.2. The van der Waals surface area contributed by atoms with Crippen molar-refractivity contribution in [2.24, 2.45) is 0 Å². The van der Waals surface area contributed by atoms with Gasteiger partial charge in [-0.15, -0.1) is 11.6 Å². The van der Waals surface area contributed by atoms with E-state index in [1.165, 1.54) is 5.56 Å². The van der Waals surface area contributed by atoms with Crippen LogP contribution < -0.4 is 0 Å². The molecule has 21 heavy (non-hydrogen) atoms. The molecule has 1 aromatic carbocycles. The highest BCUT2D eigenvalue weighted by atomic mass is 79.9. The summed E-state index contributed by atoms with van der Waals surface area (Å²) in [5.74, 6) is 1.28. The van der Waals surface area contributed by atoms with Crippen molar-refractivity contribution in [3.63, 3.8) is 0 Å². The number of aryl methyl sites for hydroxylation is 2. The lowest BCUT2D eigenvalue weighted by molar-refractivity contribution is 0.639. The molecule has 2 heterocycles. The van der Waals surface area contributed by atoms with Gasteiger partial charge in [0.2, 0.25) is 0 Å². The van der Waals surface area contributed by atoms with Crippen molar-refractivity contribution >= 4 is 38.7 Å². The summed E-state index contributed by atoms with van der Waals surface area (Å²) in [6.45, 7) is 5.64. The first-order chi connectivity index (χ1) is 10.1. The van der Waals surface area contributed by atoms with E-state index in [9.17, 15) is 0 Å². The van der Waals surface area contributed by atoms with Gasteiger partial charge in [-0.2, -0.15) is 5.10 Å². The smallest absolute Gasteiger partial charge is 0.159 e. The third-order valence-corrected chi connectivity index (χ3v) is 4.32. The predicted molar refractivity (Wildman–Crippen MR) is 88.7 cm³/mol. The molecule has 110 valence electrons. The van der Waals surface area contributed by atoms with Gasteiger partial charge < -0.3 is 4.57 Å². The Hall–Kier alpha value is -1.33. The van der Waals surface area contributed by atoms with Crippen molar-refractivity contribution in [3.05, 3.63) is 45.8 Å². The van der Waals surface area contributed by atoms with Crippen molar-refractivity contribution in [2.45, 2.75) is 32.8 Å². The Bertz CT molecular complexity index is 773. The molecule has 6 heteroatoms. The number of halogens is 2. The fraction of sp³-hybridized carbons (Fsp3) is 0.333. The normalized spacial score (nSPS) is 11.4. The van der Waals surface area contributed by atoms with Gasteiger partial charge in [0.1, 0.15) is 11.3 Å². The Morgan fingerprint density at radius 2 is 1.95 bits per heavy atom. The van der Waals surface area contributed by atoms with Gasteiger partial charge in [-0.1, -0.05) is 28.1 Å². The van der Waals surface area contributed by atoms with E-state index < -0.39 is 0 Å². The Morgan fingerprint density at radius 1 is 1.24 bits per heavy atom. The Labute approximate surface area is 136 Å². The van der Waals surface area contributed by atoms with Crippen LogP contribution in [-0.4, -0.2) is 19.3 Å². The molecule has 0 fully saturated rings. The molecule has 0 bridgehead atoms. The van der Waals surface area contributed by atoms with Gasteiger partial charge in [0.25, 0.3) is 0 Å². The highest BCUT2D eigenvalue weighted by molar-refractivity contribution is 9.10. The van der Waals surface area contributed by atoms with Crippen LogP contribution in [0.1, 0.15) is 24.0 Å². The number of rotatable bonds is 4. The molecule has 0 radical (unpaired) electrons. The zero-order valence-corrected chi connectivity index (χ0v) is 14.3. The number of hydrogen-bond donors (Lipinski definition) is 0. The largest absolute Gasteiger partial charge is 0.307 e. The van der Waals surface area contributed by atoms with Gasteiger partial charge in [-0.3, -0.25) is 0 Å². The van der Waals surface area contributed by atoms with Crippen molar-refractivity contribution in [2.75, 3.05) is 0 Å². The molecule has 0 saturated carbocycles. The molecule has 0 amide bonds. The zero-order valence-electron chi connectivity index (χ0n) is 12.0. The highest BCUT2D eigenvalue weighted by Gasteiger charge is 2.17. The fourth-order valence-corrected chi connectivity index (χ4v) is 3.00. The average Bonchev–Trinajstić information content (AvgIpc) is 3.00. The van der Waals surface area contributed by atoms with Crippen LogP contribution in [0.5, 0.6) is 0 Å². The SMILES string of the molecule is CCn1nc(C)c2nc(CCl)n(Cc3ccc(Br)cc3)c21. The van der Waals surface area contributed by atoms with Crippen LogP contribution in [-0.2, 0) is 19.0 Å². The van der Waals surface area contributed by atoms with Gasteiger partial charge in [0.15, 0.2) is 5.65 Å². The Morgan fingerprint density at radius 3 is 2.57 bits per heavy atom. The lowest BCUT2D eigenvalue weighted by Gasteiger charge is -2.09. The molecule has 0 aliphatic rings. The van der Waals surface area contributed by atoms with Crippen LogP contribution in [0.4, 0.5) is 0 Å². The highest BCUT2D eigenvalue weighted by Crippen LogP contribution is 2.22. The third-order valence-electron chi connectivity index (χ3n) is 3.55. The fourth-order valence-electron chi connectivity index (χ4n) is 2.53. The topological polar surface area (TPSA) is 35.6 Å². The summed E-state index contributed by atoms with van der Waals surface area (Å²) in [5.41, 5.74) is 4.16. The van der Waals surface area contributed by atoms with E-state index in [2.05, 4.69) is 49.6 Å². The maximum absolute atomic E-state index is 6.08. The number of imidazole rings is 1. The van der Waals surface area contributed by atoms with Gasteiger partial charge in [-0.25, -0.2) is 9.67 Å². The first-order valence-electron chi connectivity index (χ1n) is 6.87. The summed E-state index contributed by atoms with van der Waals surface area (Å²) in [7, 11) is 0. The Balaban J connectivity index is 2.13. The van der Waals surface area contributed by atoms with Gasteiger partial charge in [0, 0.05) is 11.0 Å². The maximum atomic E-state index is 6.08. The first kappa shape index (κ1) is 14.6. The summed E-state index contributed by atoms with van der Waals surface area (Å²) in [6, 6.07) is 8.30. The maximum Gasteiger partial charge on any atom is 0.159 e. The molecular weight excluding hydrogens is 352 g/mol.